The molecule has 1 aliphatic rings. The number of amides is 2. The highest BCUT2D eigenvalue weighted by molar-refractivity contribution is 6.21. The van der Waals surface area contributed by atoms with Gasteiger partial charge in [0.25, 0.3) is 11.8 Å². The molecule has 8 heteroatoms. The van der Waals surface area contributed by atoms with Crippen LogP contribution in [-0.2, 0) is 0 Å². The Morgan fingerprint density at radius 2 is 1.54 bits per heavy atom. The molecule has 0 fully saturated rings. The number of anilines is 1. The maximum absolute atomic E-state index is 12.9. The van der Waals surface area contributed by atoms with Crippen LogP contribution in [-0.4, -0.2) is 71.9 Å². The fourth-order valence-corrected chi connectivity index (χ4v) is 2.75. The molecule has 0 unspecified atom stereocenters. The van der Waals surface area contributed by atoms with Gasteiger partial charge in [0.15, 0.2) is 5.82 Å². The lowest BCUT2D eigenvalue weighted by molar-refractivity contribution is 0.0641. The van der Waals surface area contributed by atoms with Gasteiger partial charge in [-0.25, -0.2) is 14.4 Å². The van der Waals surface area contributed by atoms with E-state index in [4.69, 9.17) is 0 Å². The molecule has 2 heterocycles. The van der Waals surface area contributed by atoms with Crippen molar-refractivity contribution in [2.24, 2.45) is 0 Å². The van der Waals surface area contributed by atoms with Crippen LogP contribution in [0.2, 0.25) is 0 Å². The molecule has 0 spiro atoms. The summed E-state index contributed by atoms with van der Waals surface area (Å²) in [5, 5.41) is 0. The number of hydrogen-bond donors (Lipinski definition) is 0. The number of carbonyl (C=O) groups is 2. The molecule has 0 aliphatic carbocycles. The average Bonchev–Trinajstić information content (AvgIpc) is 2.89. The zero-order valence-electron chi connectivity index (χ0n) is 14.7. The number of hydrogen-bond acceptors (Lipinski definition) is 6. The van der Waals surface area contributed by atoms with E-state index in [2.05, 4.69) is 9.97 Å². The molecule has 0 bridgehead atoms. The maximum Gasteiger partial charge on any atom is 0.261 e. The summed E-state index contributed by atoms with van der Waals surface area (Å²) in [6.07, 6.45) is 2.26. The van der Waals surface area contributed by atoms with E-state index in [1.165, 1.54) is 4.90 Å². The third-order valence-electron chi connectivity index (χ3n) is 4.35. The Labute approximate surface area is 151 Å². The second kappa shape index (κ2) is 7.57. The Balaban J connectivity index is 1.49. The molecule has 0 saturated heterocycles. The molecule has 136 valence electrons. The summed E-state index contributed by atoms with van der Waals surface area (Å²) in [5.41, 5.74) is 0.932. The lowest BCUT2D eigenvalue weighted by atomic mass is 10.1. The molecular weight excluding hydrogens is 337 g/mol. The van der Waals surface area contributed by atoms with Crippen molar-refractivity contribution in [2.45, 2.75) is 0 Å². The molecule has 3 rings (SSSR count). The van der Waals surface area contributed by atoms with Gasteiger partial charge in [-0.05, 0) is 19.2 Å². The second-order valence-corrected chi connectivity index (χ2v) is 6.23. The van der Waals surface area contributed by atoms with Crippen molar-refractivity contribution in [2.75, 3.05) is 45.2 Å². The minimum atomic E-state index is -0.472. The standard InChI is InChI=1S/C18H20FN5O2/c1-22(7-9-23(2)18-20-11-13(19)12-21-18)8-10-24-16(25)14-5-3-4-6-15(14)17(24)26/h3-6,11-12H,7-10H2,1-2H3. The third-order valence-corrected chi connectivity index (χ3v) is 4.35. The van der Waals surface area contributed by atoms with E-state index in [-0.39, 0.29) is 11.8 Å². The van der Waals surface area contributed by atoms with Gasteiger partial charge in [-0.15, -0.1) is 0 Å². The Kier molecular flexibility index (Phi) is 5.22. The highest BCUT2D eigenvalue weighted by Crippen LogP contribution is 2.21. The number of fused-ring (bicyclic) bond motifs is 1. The van der Waals surface area contributed by atoms with Gasteiger partial charge in [0.1, 0.15) is 0 Å². The van der Waals surface area contributed by atoms with E-state index >= 15 is 0 Å². The number of aromatic nitrogens is 2. The molecule has 0 N–H and O–H groups in total. The summed E-state index contributed by atoms with van der Waals surface area (Å²) in [4.78, 5) is 37.6. The normalized spacial score (nSPS) is 13.5. The highest BCUT2D eigenvalue weighted by atomic mass is 19.1. The van der Waals surface area contributed by atoms with E-state index in [0.717, 1.165) is 12.4 Å². The van der Waals surface area contributed by atoms with E-state index in [9.17, 15) is 14.0 Å². The Hall–Kier alpha value is -2.87. The van der Waals surface area contributed by atoms with Crippen LogP contribution in [0.4, 0.5) is 10.3 Å². The van der Waals surface area contributed by atoms with Crippen molar-refractivity contribution in [1.82, 2.24) is 19.8 Å². The Bertz CT molecular complexity index is 776. The van der Waals surface area contributed by atoms with Gasteiger partial charge in [-0.3, -0.25) is 14.5 Å². The number of rotatable bonds is 7. The molecule has 0 atom stereocenters. The number of benzene rings is 1. The van der Waals surface area contributed by atoms with Crippen molar-refractivity contribution in [3.8, 4) is 0 Å². The molecular formula is C18H20FN5O2. The number of imide groups is 1. The highest BCUT2D eigenvalue weighted by Gasteiger charge is 2.34. The lowest BCUT2D eigenvalue weighted by Gasteiger charge is -2.23. The van der Waals surface area contributed by atoms with Crippen LogP contribution in [0.15, 0.2) is 36.7 Å². The first kappa shape index (κ1) is 17.9. The SMILES string of the molecule is CN(CCN1C(=O)c2ccccc2C1=O)CCN(C)c1ncc(F)cn1. The van der Waals surface area contributed by atoms with Crippen LogP contribution >= 0.6 is 0 Å². The molecule has 2 aromatic rings. The van der Waals surface area contributed by atoms with Crippen molar-refractivity contribution >= 4 is 17.8 Å². The van der Waals surface area contributed by atoms with Gasteiger partial charge in [0, 0.05) is 33.2 Å². The quantitative estimate of drug-likeness (QED) is 0.696. The summed E-state index contributed by atoms with van der Waals surface area (Å²) < 4.78 is 12.9. The van der Waals surface area contributed by atoms with Crippen LogP contribution in [0.25, 0.3) is 0 Å². The molecule has 7 nitrogen and oxygen atoms in total. The van der Waals surface area contributed by atoms with Crippen molar-refractivity contribution in [3.05, 3.63) is 53.6 Å². The average molecular weight is 357 g/mol. The van der Waals surface area contributed by atoms with Gasteiger partial charge >= 0.3 is 0 Å². The molecule has 2 amide bonds. The number of nitrogens with zero attached hydrogens (tertiary/aromatic N) is 5. The number of carbonyl (C=O) groups excluding carboxylic acids is 2. The van der Waals surface area contributed by atoms with Crippen molar-refractivity contribution in [1.29, 1.82) is 0 Å². The van der Waals surface area contributed by atoms with E-state index in [0.29, 0.717) is 43.3 Å². The zero-order valence-corrected chi connectivity index (χ0v) is 14.7. The molecule has 0 saturated carbocycles. The van der Waals surface area contributed by atoms with E-state index < -0.39 is 5.82 Å². The third kappa shape index (κ3) is 3.70. The fourth-order valence-electron chi connectivity index (χ4n) is 2.75. The largest absolute Gasteiger partial charge is 0.343 e. The van der Waals surface area contributed by atoms with Crippen LogP contribution in [0, 0.1) is 5.82 Å². The number of halogens is 1. The van der Waals surface area contributed by atoms with Crippen LogP contribution < -0.4 is 4.90 Å². The van der Waals surface area contributed by atoms with Gasteiger partial charge in [-0.2, -0.15) is 0 Å². The van der Waals surface area contributed by atoms with Gasteiger partial charge < -0.3 is 9.80 Å². The monoisotopic (exact) mass is 357 g/mol. The molecule has 1 aliphatic heterocycles. The fraction of sp³-hybridized carbons (Fsp3) is 0.333. The predicted molar refractivity (Wildman–Crippen MR) is 94.6 cm³/mol. The van der Waals surface area contributed by atoms with E-state index in [1.807, 2.05) is 23.9 Å². The summed E-state index contributed by atoms with van der Waals surface area (Å²) in [5.74, 6) is -0.507. The van der Waals surface area contributed by atoms with Gasteiger partial charge in [-0.1, -0.05) is 12.1 Å². The predicted octanol–water partition coefficient (Wildman–Crippen LogP) is 1.28. The summed E-state index contributed by atoms with van der Waals surface area (Å²) in [6, 6.07) is 6.87. The maximum atomic E-state index is 12.9. The zero-order chi connectivity index (χ0) is 18.7. The summed E-state index contributed by atoms with van der Waals surface area (Å²) in [6.45, 7) is 2.20. The van der Waals surface area contributed by atoms with Crippen LogP contribution in [0.1, 0.15) is 20.7 Å². The minimum Gasteiger partial charge on any atom is -0.343 e. The Morgan fingerprint density at radius 3 is 2.12 bits per heavy atom. The van der Waals surface area contributed by atoms with Gasteiger partial charge in [0.2, 0.25) is 5.95 Å². The first-order chi connectivity index (χ1) is 12.5. The van der Waals surface area contributed by atoms with Crippen molar-refractivity contribution in [3.63, 3.8) is 0 Å². The summed E-state index contributed by atoms with van der Waals surface area (Å²) in [7, 11) is 3.74. The van der Waals surface area contributed by atoms with Gasteiger partial charge in [0.05, 0.1) is 23.5 Å². The second-order valence-electron chi connectivity index (χ2n) is 6.23. The van der Waals surface area contributed by atoms with E-state index in [1.54, 1.807) is 24.3 Å². The summed E-state index contributed by atoms with van der Waals surface area (Å²) >= 11 is 0. The molecule has 0 radical (unpaired) electrons. The van der Waals surface area contributed by atoms with Crippen molar-refractivity contribution < 1.29 is 14.0 Å². The Morgan fingerprint density at radius 1 is 0.962 bits per heavy atom. The minimum absolute atomic E-state index is 0.240. The van der Waals surface area contributed by atoms with Crippen LogP contribution in [0.3, 0.4) is 0 Å². The smallest absolute Gasteiger partial charge is 0.261 e. The van der Waals surface area contributed by atoms with Crippen LogP contribution in [0.5, 0.6) is 0 Å². The molecule has 1 aromatic heterocycles. The first-order valence-electron chi connectivity index (χ1n) is 8.30. The first-order valence-corrected chi connectivity index (χ1v) is 8.30. The lowest BCUT2D eigenvalue weighted by Crippen LogP contribution is -2.39. The topological polar surface area (TPSA) is 69.6 Å². The number of likely N-dealkylation sites (N-methyl/N-ethyl adjacent to an activating group) is 2. The molecule has 26 heavy (non-hydrogen) atoms. The molecule has 1 aromatic carbocycles.